The van der Waals surface area contributed by atoms with Crippen LogP contribution in [0.25, 0.3) is 11.0 Å². The van der Waals surface area contributed by atoms with E-state index in [1.807, 2.05) is 17.6 Å². The molecule has 1 heterocycles. The Balaban J connectivity index is 2.46. The molecule has 2 rings (SSSR count). The Hall–Kier alpha value is -1.95. The van der Waals surface area contributed by atoms with Crippen LogP contribution in [-0.2, 0) is 11.3 Å². The van der Waals surface area contributed by atoms with Crippen molar-refractivity contribution in [3.05, 3.63) is 17.2 Å². The largest absolute Gasteiger partial charge is 0.495 e. The van der Waals surface area contributed by atoms with Gasteiger partial charge in [-0.15, -0.1) is 0 Å². The molecule has 2 aromatic rings. The molecule has 1 aromatic heterocycles. The van der Waals surface area contributed by atoms with Crippen LogP contribution in [0.4, 0.5) is 0 Å². The summed E-state index contributed by atoms with van der Waals surface area (Å²) in [6, 6.07) is 4.08. The maximum absolute atomic E-state index is 11.0. The van der Waals surface area contributed by atoms with Crippen LogP contribution in [0.1, 0.15) is 13.8 Å². The molecule has 7 heteroatoms. The Morgan fingerprint density at radius 1 is 1.48 bits per heavy atom. The van der Waals surface area contributed by atoms with E-state index in [4.69, 9.17) is 21.1 Å². The molecule has 1 aromatic carbocycles. The molecular weight excluding hydrogens is 294 g/mol. The van der Waals surface area contributed by atoms with Crippen molar-refractivity contribution < 1.29 is 14.3 Å². The van der Waals surface area contributed by atoms with Crippen LogP contribution in [-0.4, -0.2) is 35.7 Å². The molecule has 0 aliphatic heterocycles. The number of ether oxygens (including phenoxy) is 2. The minimum Gasteiger partial charge on any atom is -0.495 e. The molecule has 1 amide bonds. The third-order valence-electron chi connectivity index (χ3n) is 2.98. The molecule has 0 atom stereocenters. The van der Waals surface area contributed by atoms with Gasteiger partial charge in [-0.2, -0.15) is 4.98 Å². The number of fused-ring (bicyclic) bond motifs is 1. The third kappa shape index (κ3) is 3.21. The summed E-state index contributed by atoms with van der Waals surface area (Å²) in [6.07, 6.45) is 0. The minimum atomic E-state index is -0.0824. The van der Waals surface area contributed by atoms with Gasteiger partial charge in [-0.05, 0) is 19.1 Å². The van der Waals surface area contributed by atoms with E-state index in [2.05, 4.69) is 10.3 Å². The molecule has 0 unspecified atom stereocenters. The quantitative estimate of drug-likeness (QED) is 0.888. The summed E-state index contributed by atoms with van der Waals surface area (Å²) in [5, 5.41) is 3.23. The van der Waals surface area contributed by atoms with Crippen LogP contribution >= 0.6 is 11.6 Å². The molecule has 0 aliphatic carbocycles. The highest BCUT2D eigenvalue weighted by molar-refractivity contribution is 6.36. The minimum absolute atomic E-state index is 0.0824. The number of aromatic nitrogens is 2. The molecule has 1 N–H and O–H groups in total. The van der Waals surface area contributed by atoms with E-state index < -0.39 is 0 Å². The first-order valence-corrected chi connectivity index (χ1v) is 7.06. The van der Waals surface area contributed by atoms with Gasteiger partial charge in [0.15, 0.2) is 0 Å². The number of rotatable bonds is 6. The topological polar surface area (TPSA) is 65.4 Å². The lowest BCUT2D eigenvalue weighted by atomic mass is 10.3. The molecule has 114 valence electrons. The predicted molar refractivity (Wildman–Crippen MR) is 81.1 cm³/mol. The van der Waals surface area contributed by atoms with Crippen molar-refractivity contribution in [1.29, 1.82) is 0 Å². The number of nitrogens with zero attached hydrogens (tertiary/aromatic N) is 2. The summed E-state index contributed by atoms with van der Waals surface area (Å²) in [7, 11) is 1.56. The van der Waals surface area contributed by atoms with E-state index in [9.17, 15) is 4.79 Å². The van der Waals surface area contributed by atoms with Gasteiger partial charge >= 0.3 is 0 Å². The van der Waals surface area contributed by atoms with Crippen LogP contribution in [0, 0.1) is 0 Å². The molecule has 0 saturated carbocycles. The summed E-state index contributed by atoms with van der Waals surface area (Å²) >= 11 is 6.37. The summed E-state index contributed by atoms with van der Waals surface area (Å²) < 4.78 is 12.6. The van der Waals surface area contributed by atoms with E-state index in [0.717, 1.165) is 11.0 Å². The van der Waals surface area contributed by atoms with Crippen LogP contribution in [0.5, 0.6) is 11.8 Å². The second kappa shape index (κ2) is 6.67. The lowest BCUT2D eigenvalue weighted by Gasteiger charge is -2.11. The second-order valence-electron chi connectivity index (χ2n) is 4.41. The van der Waals surface area contributed by atoms with E-state index in [-0.39, 0.29) is 5.91 Å². The maximum atomic E-state index is 11.0. The van der Waals surface area contributed by atoms with Gasteiger partial charge in [-0.1, -0.05) is 11.6 Å². The smallest absolute Gasteiger partial charge is 0.297 e. The van der Waals surface area contributed by atoms with Gasteiger partial charge in [-0.3, -0.25) is 9.36 Å². The highest BCUT2D eigenvalue weighted by Crippen LogP contribution is 2.34. The fourth-order valence-corrected chi connectivity index (χ4v) is 2.43. The van der Waals surface area contributed by atoms with Crippen molar-refractivity contribution in [2.45, 2.75) is 20.4 Å². The summed E-state index contributed by atoms with van der Waals surface area (Å²) in [6.45, 7) is 4.84. The number of amides is 1. The van der Waals surface area contributed by atoms with Crippen molar-refractivity contribution >= 4 is 28.5 Å². The monoisotopic (exact) mass is 311 g/mol. The number of hydrogen-bond donors (Lipinski definition) is 1. The Morgan fingerprint density at radius 3 is 2.86 bits per heavy atom. The van der Waals surface area contributed by atoms with Gasteiger partial charge in [0, 0.05) is 20.0 Å². The number of nitrogens with one attached hydrogen (secondary N) is 1. The Kier molecular flexibility index (Phi) is 4.90. The van der Waals surface area contributed by atoms with Crippen molar-refractivity contribution in [3.8, 4) is 11.8 Å². The average Bonchev–Trinajstić information content (AvgIpc) is 2.78. The van der Waals surface area contributed by atoms with Crippen LogP contribution in [0.15, 0.2) is 12.1 Å². The second-order valence-corrected chi connectivity index (χ2v) is 4.79. The van der Waals surface area contributed by atoms with Crippen molar-refractivity contribution in [2.75, 3.05) is 20.3 Å². The van der Waals surface area contributed by atoms with Crippen molar-refractivity contribution in [1.82, 2.24) is 14.9 Å². The first-order chi connectivity index (χ1) is 10.1. The molecule has 0 spiro atoms. The zero-order valence-electron chi connectivity index (χ0n) is 12.3. The van der Waals surface area contributed by atoms with Crippen LogP contribution in [0.2, 0.25) is 5.02 Å². The number of halogens is 1. The Labute approximate surface area is 128 Å². The number of methoxy groups -OCH3 is 1. The van der Waals surface area contributed by atoms with Gasteiger partial charge in [-0.25, -0.2) is 0 Å². The first kappa shape index (κ1) is 15.4. The van der Waals surface area contributed by atoms with Gasteiger partial charge in [0.2, 0.25) is 5.91 Å². The SMILES string of the molecule is CCOc1nc2ccc(OC)c(Cl)c2n1CCNC(C)=O. The van der Waals surface area contributed by atoms with Gasteiger partial charge in [0.1, 0.15) is 10.8 Å². The number of carbonyl (C=O) groups excluding carboxylic acids is 1. The van der Waals surface area contributed by atoms with Crippen molar-refractivity contribution in [3.63, 3.8) is 0 Å². The van der Waals surface area contributed by atoms with Gasteiger partial charge in [0.25, 0.3) is 6.01 Å². The molecule has 0 fully saturated rings. The van der Waals surface area contributed by atoms with E-state index >= 15 is 0 Å². The molecule has 0 bridgehead atoms. The average molecular weight is 312 g/mol. The molecule has 0 aliphatic rings. The van der Waals surface area contributed by atoms with E-state index in [1.54, 1.807) is 13.2 Å². The normalized spacial score (nSPS) is 10.7. The lowest BCUT2D eigenvalue weighted by molar-refractivity contribution is -0.118. The lowest BCUT2D eigenvalue weighted by Crippen LogP contribution is -2.24. The number of carbonyl (C=O) groups is 1. The Bertz CT molecular complexity index is 654. The van der Waals surface area contributed by atoms with Crippen LogP contribution in [0.3, 0.4) is 0 Å². The maximum Gasteiger partial charge on any atom is 0.297 e. The zero-order valence-corrected chi connectivity index (χ0v) is 13.0. The van der Waals surface area contributed by atoms with Gasteiger partial charge < -0.3 is 14.8 Å². The zero-order chi connectivity index (χ0) is 15.4. The molecule has 21 heavy (non-hydrogen) atoms. The fourth-order valence-electron chi connectivity index (χ4n) is 2.09. The summed E-state index contributed by atoms with van der Waals surface area (Å²) in [5.74, 6) is 0.494. The van der Waals surface area contributed by atoms with Gasteiger partial charge in [0.05, 0.1) is 24.8 Å². The Morgan fingerprint density at radius 2 is 2.24 bits per heavy atom. The molecular formula is C14H18ClN3O3. The highest BCUT2D eigenvalue weighted by atomic mass is 35.5. The van der Waals surface area contributed by atoms with Crippen molar-refractivity contribution in [2.24, 2.45) is 0 Å². The highest BCUT2D eigenvalue weighted by Gasteiger charge is 2.17. The summed E-state index contributed by atoms with van der Waals surface area (Å²) in [5.41, 5.74) is 1.47. The molecule has 0 radical (unpaired) electrons. The molecule has 6 nitrogen and oxygen atoms in total. The number of benzene rings is 1. The third-order valence-corrected chi connectivity index (χ3v) is 3.34. The first-order valence-electron chi connectivity index (χ1n) is 6.68. The fraction of sp³-hybridized carbons (Fsp3) is 0.429. The predicted octanol–water partition coefficient (Wildman–Crippen LogP) is 2.23. The van der Waals surface area contributed by atoms with E-state index in [1.165, 1.54) is 6.92 Å². The number of hydrogen-bond acceptors (Lipinski definition) is 4. The summed E-state index contributed by atoms with van der Waals surface area (Å²) in [4.78, 5) is 15.4. The number of imidazole rings is 1. The van der Waals surface area contributed by atoms with E-state index in [0.29, 0.717) is 36.5 Å². The van der Waals surface area contributed by atoms with Crippen LogP contribution < -0.4 is 14.8 Å². The molecule has 0 saturated heterocycles. The standard InChI is InChI=1S/C14H18ClN3O3/c1-4-21-14-17-10-5-6-11(20-3)12(15)13(10)18(14)8-7-16-9(2)19/h5-6H,4,7-8H2,1-3H3,(H,16,19).